The lowest BCUT2D eigenvalue weighted by Crippen LogP contribution is -2.43. The van der Waals surface area contributed by atoms with E-state index >= 15 is 0 Å². The molecule has 3 heteroatoms. The van der Waals surface area contributed by atoms with Gasteiger partial charge in [-0.1, -0.05) is 0 Å². The van der Waals surface area contributed by atoms with Crippen LogP contribution in [0.4, 0.5) is 0 Å². The van der Waals surface area contributed by atoms with Crippen molar-refractivity contribution >= 4 is 0 Å². The molecule has 0 aliphatic carbocycles. The summed E-state index contributed by atoms with van der Waals surface area (Å²) in [6.45, 7) is 1.87. The number of aryl methyl sites for hydroxylation is 1. The summed E-state index contributed by atoms with van der Waals surface area (Å²) in [5.41, 5.74) is 1.45. The molecule has 1 aromatic heterocycles. The highest BCUT2D eigenvalue weighted by atomic mass is 16.6. The maximum atomic E-state index is 8.68. The van der Waals surface area contributed by atoms with Crippen LogP contribution in [0, 0.1) is 18.3 Å². The van der Waals surface area contributed by atoms with E-state index in [0.717, 1.165) is 5.56 Å². The van der Waals surface area contributed by atoms with Gasteiger partial charge >= 0.3 is 5.69 Å². The van der Waals surface area contributed by atoms with Gasteiger partial charge in [-0.2, -0.15) is 5.26 Å². The van der Waals surface area contributed by atoms with Gasteiger partial charge in [0.1, 0.15) is 7.11 Å². The summed E-state index contributed by atoms with van der Waals surface area (Å²) in [6.07, 6.45) is 1.70. The molecule has 56 valence electrons. The predicted octanol–water partition coefficient (Wildman–Crippen LogP) is 0.213. The third-order valence-corrected chi connectivity index (χ3v) is 1.46. The highest BCUT2D eigenvalue weighted by Gasteiger charge is 2.12. The van der Waals surface area contributed by atoms with Crippen molar-refractivity contribution in [1.29, 1.82) is 5.26 Å². The highest BCUT2D eigenvalue weighted by Crippen LogP contribution is 1.97. The van der Waals surface area contributed by atoms with Crippen molar-refractivity contribution in [3.63, 3.8) is 0 Å². The molecule has 0 aliphatic heterocycles. The lowest BCUT2D eigenvalue weighted by molar-refractivity contribution is -0.887. The summed E-state index contributed by atoms with van der Waals surface area (Å²) in [7, 11) is 1.53. The molecule has 0 spiro atoms. The van der Waals surface area contributed by atoms with Crippen LogP contribution in [0.5, 0.6) is 0 Å². The molecule has 0 radical (unpaired) electrons. The second-order valence-corrected chi connectivity index (χ2v) is 2.16. The van der Waals surface area contributed by atoms with E-state index in [1.54, 1.807) is 6.20 Å². The summed E-state index contributed by atoms with van der Waals surface area (Å²) >= 11 is 0. The number of rotatable bonds is 1. The molecule has 1 rings (SSSR count). The standard InChI is InChI=1S/C8H9N2O/c1-7-4-3-5-10(11-2)8(7)6-9/h3-5H,1-2H3/q+1. The van der Waals surface area contributed by atoms with E-state index in [0.29, 0.717) is 5.69 Å². The second kappa shape index (κ2) is 3.02. The minimum absolute atomic E-state index is 0.537. The Kier molecular flexibility index (Phi) is 2.07. The van der Waals surface area contributed by atoms with Gasteiger partial charge in [0.25, 0.3) is 0 Å². The fraction of sp³-hybridized carbons (Fsp3) is 0.250. The summed E-state index contributed by atoms with van der Waals surface area (Å²) < 4.78 is 1.44. The van der Waals surface area contributed by atoms with E-state index in [1.807, 2.05) is 19.1 Å². The van der Waals surface area contributed by atoms with E-state index < -0.39 is 0 Å². The molecule has 0 atom stereocenters. The van der Waals surface area contributed by atoms with Crippen LogP contribution in [0.3, 0.4) is 0 Å². The Morgan fingerprint density at radius 2 is 2.36 bits per heavy atom. The van der Waals surface area contributed by atoms with Crippen LogP contribution < -0.4 is 9.57 Å². The van der Waals surface area contributed by atoms with E-state index in [2.05, 4.69) is 6.07 Å². The summed E-state index contributed by atoms with van der Waals surface area (Å²) in [6, 6.07) is 5.75. The van der Waals surface area contributed by atoms with Gasteiger partial charge in [-0.3, -0.25) is 4.84 Å². The largest absolute Gasteiger partial charge is 0.336 e. The zero-order chi connectivity index (χ0) is 8.27. The Morgan fingerprint density at radius 3 is 2.82 bits per heavy atom. The number of hydrogen-bond donors (Lipinski definition) is 0. The van der Waals surface area contributed by atoms with Crippen LogP contribution in [-0.2, 0) is 0 Å². The molecular weight excluding hydrogens is 140 g/mol. The molecule has 0 aliphatic rings. The zero-order valence-electron chi connectivity index (χ0n) is 6.53. The van der Waals surface area contributed by atoms with Gasteiger partial charge < -0.3 is 0 Å². The quantitative estimate of drug-likeness (QED) is 0.535. The van der Waals surface area contributed by atoms with Crippen molar-refractivity contribution < 1.29 is 9.57 Å². The van der Waals surface area contributed by atoms with Gasteiger partial charge in [0.15, 0.2) is 6.07 Å². The third-order valence-electron chi connectivity index (χ3n) is 1.46. The van der Waals surface area contributed by atoms with Gasteiger partial charge in [0, 0.05) is 16.4 Å². The average molecular weight is 149 g/mol. The Hall–Kier alpha value is -1.56. The highest BCUT2D eigenvalue weighted by molar-refractivity contribution is 5.24. The Bertz CT molecular complexity index is 301. The van der Waals surface area contributed by atoms with Crippen LogP contribution in [0.1, 0.15) is 11.3 Å². The summed E-state index contributed by atoms with van der Waals surface area (Å²) in [5, 5.41) is 8.68. The molecule has 3 nitrogen and oxygen atoms in total. The van der Waals surface area contributed by atoms with Crippen molar-refractivity contribution in [2.24, 2.45) is 0 Å². The third kappa shape index (κ3) is 1.30. The van der Waals surface area contributed by atoms with Gasteiger partial charge in [0.2, 0.25) is 6.20 Å². The molecule has 0 fully saturated rings. The Labute approximate surface area is 65.4 Å². The number of aromatic nitrogens is 1. The molecule has 1 heterocycles. The summed E-state index contributed by atoms with van der Waals surface area (Å²) in [4.78, 5) is 4.91. The molecule has 0 saturated heterocycles. The number of nitrogens with zero attached hydrogens (tertiary/aromatic N) is 2. The van der Waals surface area contributed by atoms with Gasteiger partial charge in [-0.25, -0.2) is 0 Å². The first-order valence-electron chi connectivity index (χ1n) is 3.25. The number of nitriles is 1. The minimum Gasteiger partial charge on any atom is -0.273 e. The fourth-order valence-electron chi connectivity index (χ4n) is 0.882. The maximum Gasteiger partial charge on any atom is 0.336 e. The van der Waals surface area contributed by atoms with Crippen LogP contribution in [-0.4, -0.2) is 7.11 Å². The average Bonchev–Trinajstić information content (AvgIpc) is 2.04. The fourth-order valence-corrected chi connectivity index (χ4v) is 0.882. The van der Waals surface area contributed by atoms with E-state index in [-0.39, 0.29) is 0 Å². The van der Waals surface area contributed by atoms with Crippen molar-refractivity contribution in [2.75, 3.05) is 7.11 Å². The van der Waals surface area contributed by atoms with Crippen LogP contribution in [0.2, 0.25) is 0 Å². The van der Waals surface area contributed by atoms with E-state index in [4.69, 9.17) is 10.1 Å². The maximum absolute atomic E-state index is 8.68. The van der Waals surface area contributed by atoms with Crippen molar-refractivity contribution in [3.8, 4) is 6.07 Å². The first-order chi connectivity index (χ1) is 5.29. The van der Waals surface area contributed by atoms with E-state index in [9.17, 15) is 0 Å². The monoisotopic (exact) mass is 149 g/mol. The molecule has 1 aromatic rings. The molecule has 0 bridgehead atoms. The van der Waals surface area contributed by atoms with Crippen LogP contribution >= 0.6 is 0 Å². The first kappa shape index (κ1) is 7.55. The molecule has 0 amide bonds. The summed E-state index contributed by atoms with van der Waals surface area (Å²) in [5.74, 6) is 0. The second-order valence-electron chi connectivity index (χ2n) is 2.16. The van der Waals surface area contributed by atoms with Crippen LogP contribution in [0.25, 0.3) is 0 Å². The SMILES string of the molecule is CO[n+]1cccc(C)c1C#N. The lowest BCUT2D eigenvalue weighted by atomic mass is 10.2. The lowest BCUT2D eigenvalue weighted by Gasteiger charge is -1.93. The van der Waals surface area contributed by atoms with Gasteiger partial charge in [-0.15, -0.1) is 0 Å². The van der Waals surface area contributed by atoms with Crippen molar-refractivity contribution in [2.45, 2.75) is 6.92 Å². The van der Waals surface area contributed by atoms with Gasteiger partial charge in [0.05, 0.1) is 0 Å². The number of pyridine rings is 1. The molecular formula is C8H9N2O+. The van der Waals surface area contributed by atoms with Crippen LogP contribution in [0.15, 0.2) is 18.3 Å². The van der Waals surface area contributed by atoms with Crippen molar-refractivity contribution in [1.82, 2.24) is 0 Å². The number of hydrogen-bond acceptors (Lipinski definition) is 2. The zero-order valence-corrected chi connectivity index (χ0v) is 6.53. The molecule has 0 saturated carbocycles. The normalized spacial score (nSPS) is 8.82. The first-order valence-corrected chi connectivity index (χ1v) is 3.25. The molecule has 0 aromatic carbocycles. The smallest absolute Gasteiger partial charge is 0.273 e. The Morgan fingerprint density at radius 1 is 1.64 bits per heavy atom. The topological polar surface area (TPSA) is 36.9 Å². The molecule has 0 N–H and O–H groups in total. The molecule has 11 heavy (non-hydrogen) atoms. The predicted molar refractivity (Wildman–Crippen MR) is 38.6 cm³/mol. The molecule has 0 unspecified atom stereocenters. The van der Waals surface area contributed by atoms with E-state index in [1.165, 1.54) is 11.8 Å². The van der Waals surface area contributed by atoms with Crippen molar-refractivity contribution in [3.05, 3.63) is 29.6 Å². The van der Waals surface area contributed by atoms with Gasteiger partial charge in [-0.05, 0) is 13.0 Å². The minimum atomic E-state index is 0.537. The Balaban J connectivity index is 3.27.